The molecule has 1 aliphatic rings. The Morgan fingerprint density at radius 3 is 2.70 bits per heavy atom. The van der Waals surface area contributed by atoms with Crippen molar-refractivity contribution in [3.05, 3.63) is 59.3 Å². The van der Waals surface area contributed by atoms with Crippen LogP contribution in [0.3, 0.4) is 0 Å². The minimum Gasteiger partial charge on any atom is -0.276 e. The van der Waals surface area contributed by atoms with E-state index in [0.29, 0.717) is 13.1 Å². The van der Waals surface area contributed by atoms with E-state index in [2.05, 4.69) is 5.10 Å². The first-order valence-electron chi connectivity index (χ1n) is 7.77. The largest absolute Gasteiger partial charge is 0.276 e. The molecule has 0 radical (unpaired) electrons. The van der Waals surface area contributed by atoms with Crippen LogP contribution in [0.25, 0.3) is 6.08 Å². The second kappa shape index (κ2) is 6.68. The van der Waals surface area contributed by atoms with Crippen molar-refractivity contribution < 1.29 is 8.42 Å². The van der Waals surface area contributed by atoms with Crippen LogP contribution < -0.4 is 0 Å². The molecule has 1 aromatic carbocycles. The SMILES string of the molecule is Cn1ccc([C@H]2CCCN(S(=O)(=O)/C=C/c3ccccc3)C2)n1. The van der Waals surface area contributed by atoms with Crippen LogP contribution in [0.1, 0.15) is 30.0 Å². The van der Waals surface area contributed by atoms with Gasteiger partial charge in [-0.15, -0.1) is 0 Å². The Morgan fingerprint density at radius 2 is 2.00 bits per heavy atom. The van der Waals surface area contributed by atoms with E-state index in [1.54, 1.807) is 15.1 Å². The normalized spacial score (nSPS) is 20.1. The Morgan fingerprint density at radius 1 is 1.22 bits per heavy atom. The fourth-order valence-corrected chi connectivity index (χ4v) is 4.15. The molecule has 2 aromatic rings. The molecule has 1 fully saturated rings. The molecule has 0 bridgehead atoms. The number of hydrogen-bond acceptors (Lipinski definition) is 3. The molecule has 5 nitrogen and oxygen atoms in total. The molecule has 0 amide bonds. The Balaban J connectivity index is 1.73. The van der Waals surface area contributed by atoms with Crippen molar-refractivity contribution in [3.63, 3.8) is 0 Å². The van der Waals surface area contributed by atoms with Crippen molar-refractivity contribution in [2.24, 2.45) is 7.05 Å². The number of aryl methyl sites for hydroxylation is 1. The van der Waals surface area contributed by atoms with Crippen molar-refractivity contribution in [2.45, 2.75) is 18.8 Å². The number of aromatic nitrogens is 2. The maximum atomic E-state index is 12.6. The van der Waals surface area contributed by atoms with Crippen LogP contribution in [-0.2, 0) is 17.1 Å². The zero-order chi connectivity index (χ0) is 16.3. The summed E-state index contributed by atoms with van der Waals surface area (Å²) in [5, 5.41) is 5.73. The Kier molecular flexibility index (Phi) is 4.63. The average Bonchev–Trinajstić information content (AvgIpc) is 3.01. The standard InChI is InChI=1S/C17H21N3O2S/c1-19-12-9-17(18-19)16-8-5-11-20(14-16)23(21,22)13-10-15-6-3-2-4-7-15/h2-4,6-7,9-10,12-13,16H,5,8,11,14H2,1H3/b13-10+/t16-/m0/s1. The van der Waals surface area contributed by atoms with Crippen molar-refractivity contribution in [3.8, 4) is 0 Å². The van der Waals surface area contributed by atoms with Gasteiger partial charge in [-0.25, -0.2) is 8.42 Å². The van der Waals surface area contributed by atoms with Gasteiger partial charge >= 0.3 is 0 Å². The zero-order valence-electron chi connectivity index (χ0n) is 13.2. The number of nitrogens with zero attached hydrogens (tertiary/aromatic N) is 3. The second-order valence-electron chi connectivity index (χ2n) is 5.87. The zero-order valence-corrected chi connectivity index (χ0v) is 14.0. The number of hydrogen-bond donors (Lipinski definition) is 0. The molecule has 3 rings (SSSR count). The topological polar surface area (TPSA) is 55.2 Å². The molecule has 122 valence electrons. The van der Waals surface area contributed by atoms with Gasteiger partial charge in [0, 0.05) is 37.7 Å². The Hall–Kier alpha value is -1.92. The van der Waals surface area contributed by atoms with Crippen LogP contribution in [0.2, 0.25) is 0 Å². The fraction of sp³-hybridized carbons (Fsp3) is 0.353. The van der Waals surface area contributed by atoms with Gasteiger partial charge in [0.1, 0.15) is 0 Å². The van der Waals surface area contributed by atoms with Gasteiger partial charge in [-0.1, -0.05) is 30.3 Å². The summed E-state index contributed by atoms with van der Waals surface area (Å²) in [5.41, 5.74) is 1.86. The van der Waals surface area contributed by atoms with E-state index >= 15 is 0 Å². The van der Waals surface area contributed by atoms with Crippen LogP contribution >= 0.6 is 0 Å². The van der Waals surface area contributed by atoms with Crippen molar-refractivity contribution >= 4 is 16.1 Å². The summed E-state index contributed by atoms with van der Waals surface area (Å²) in [6, 6.07) is 11.4. The Labute approximate surface area is 137 Å². The summed E-state index contributed by atoms with van der Waals surface area (Å²) >= 11 is 0. The highest BCUT2D eigenvalue weighted by atomic mass is 32.2. The third-order valence-corrected chi connectivity index (χ3v) is 5.66. The maximum absolute atomic E-state index is 12.6. The lowest BCUT2D eigenvalue weighted by atomic mass is 9.96. The summed E-state index contributed by atoms with van der Waals surface area (Å²) in [6.45, 7) is 1.07. The van der Waals surface area contributed by atoms with Gasteiger partial charge in [-0.2, -0.15) is 9.40 Å². The van der Waals surface area contributed by atoms with Crippen molar-refractivity contribution in [1.29, 1.82) is 0 Å². The molecule has 0 N–H and O–H groups in total. The predicted octanol–water partition coefficient (Wildman–Crippen LogP) is 2.60. The Bertz CT molecular complexity index is 781. The first-order chi connectivity index (χ1) is 11.0. The first kappa shape index (κ1) is 16.0. The van der Waals surface area contributed by atoms with E-state index in [-0.39, 0.29) is 5.92 Å². The molecule has 1 aliphatic heterocycles. The van der Waals surface area contributed by atoms with E-state index < -0.39 is 10.0 Å². The van der Waals surface area contributed by atoms with E-state index in [1.165, 1.54) is 5.41 Å². The van der Waals surface area contributed by atoms with Crippen molar-refractivity contribution in [1.82, 2.24) is 14.1 Å². The molecule has 1 atom stereocenters. The van der Waals surface area contributed by atoms with Crippen LogP contribution in [0, 0.1) is 0 Å². The lowest BCUT2D eigenvalue weighted by Gasteiger charge is -2.30. The van der Waals surface area contributed by atoms with Gasteiger partial charge in [0.25, 0.3) is 0 Å². The smallest absolute Gasteiger partial charge is 0.236 e. The molecular weight excluding hydrogens is 310 g/mol. The molecule has 23 heavy (non-hydrogen) atoms. The lowest BCUT2D eigenvalue weighted by molar-refractivity contribution is 0.315. The van der Waals surface area contributed by atoms with Crippen LogP contribution in [-0.4, -0.2) is 35.6 Å². The number of benzene rings is 1. The maximum Gasteiger partial charge on any atom is 0.236 e. The number of piperidine rings is 1. The van der Waals surface area contributed by atoms with Crippen LogP contribution in [0.5, 0.6) is 0 Å². The molecule has 1 saturated heterocycles. The third-order valence-electron chi connectivity index (χ3n) is 4.13. The summed E-state index contributed by atoms with van der Waals surface area (Å²) in [6.07, 6.45) is 5.39. The molecule has 0 saturated carbocycles. The number of rotatable bonds is 4. The van der Waals surface area contributed by atoms with Gasteiger partial charge < -0.3 is 0 Å². The molecule has 6 heteroatoms. The molecule has 0 spiro atoms. The lowest BCUT2D eigenvalue weighted by Crippen LogP contribution is -2.38. The predicted molar refractivity (Wildman–Crippen MR) is 91.2 cm³/mol. The second-order valence-corrected chi connectivity index (χ2v) is 7.69. The summed E-state index contributed by atoms with van der Waals surface area (Å²) in [4.78, 5) is 0. The average molecular weight is 331 g/mol. The van der Waals surface area contributed by atoms with Gasteiger partial charge in [-0.3, -0.25) is 4.68 Å². The summed E-state index contributed by atoms with van der Waals surface area (Å²) in [7, 11) is -1.52. The third kappa shape index (κ3) is 3.89. The van der Waals surface area contributed by atoms with Crippen LogP contribution in [0.4, 0.5) is 0 Å². The monoisotopic (exact) mass is 331 g/mol. The quantitative estimate of drug-likeness (QED) is 0.865. The van der Waals surface area contributed by atoms with E-state index in [9.17, 15) is 8.42 Å². The van der Waals surface area contributed by atoms with E-state index in [4.69, 9.17) is 0 Å². The van der Waals surface area contributed by atoms with Gasteiger partial charge in [0.2, 0.25) is 10.0 Å². The minimum atomic E-state index is -3.40. The van der Waals surface area contributed by atoms with Gasteiger partial charge in [0.05, 0.1) is 5.69 Å². The molecule has 1 aromatic heterocycles. The number of sulfonamides is 1. The summed E-state index contributed by atoms with van der Waals surface area (Å²) < 4.78 is 28.4. The highest BCUT2D eigenvalue weighted by molar-refractivity contribution is 7.92. The molecular formula is C17H21N3O2S. The molecule has 2 heterocycles. The highest BCUT2D eigenvalue weighted by Crippen LogP contribution is 2.27. The van der Waals surface area contributed by atoms with Gasteiger partial charge in [0.15, 0.2) is 0 Å². The molecule has 0 aliphatic carbocycles. The highest BCUT2D eigenvalue weighted by Gasteiger charge is 2.29. The van der Waals surface area contributed by atoms with Gasteiger partial charge in [-0.05, 0) is 30.5 Å². The molecule has 0 unspecified atom stereocenters. The fourth-order valence-electron chi connectivity index (χ4n) is 2.88. The summed E-state index contributed by atoms with van der Waals surface area (Å²) in [5.74, 6) is 0.171. The van der Waals surface area contributed by atoms with E-state index in [1.807, 2.05) is 49.6 Å². The minimum absolute atomic E-state index is 0.171. The van der Waals surface area contributed by atoms with Crippen LogP contribution in [0.15, 0.2) is 48.0 Å². The van der Waals surface area contributed by atoms with E-state index in [0.717, 1.165) is 24.1 Å². The van der Waals surface area contributed by atoms with Crippen molar-refractivity contribution in [2.75, 3.05) is 13.1 Å². The first-order valence-corrected chi connectivity index (χ1v) is 9.28.